The van der Waals surface area contributed by atoms with Gasteiger partial charge in [0, 0.05) is 0 Å². The number of nitrogens with zero attached hydrogens (tertiary/aromatic N) is 1. The van der Waals surface area contributed by atoms with Crippen molar-refractivity contribution in [2.24, 2.45) is 0 Å². The molecule has 0 atom stereocenters. The Bertz CT molecular complexity index is 103. The van der Waals surface area contributed by atoms with E-state index >= 15 is 0 Å². The summed E-state index contributed by atoms with van der Waals surface area (Å²) in [5.41, 5.74) is 0. The molecular formula is C8H22INOSi. The van der Waals surface area contributed by atoms with E-state index in [-0.39, 0.29) is 24.0 Å². The van der Waals surface area contributed by atoms with Crippen molar-refractivity contribution in [1.29, 1.82) is 0 Å². The van der Waals surface area contributed by atoms with Gasteiger partial charge in [0.1, 0.15) is 6.54 Å². The van der Waals surface area contributed by atoms with Crippen molar-refractivity contribution in [2.45, 2.75) is 19.6 Å². The monoisotopic (exact) mass is 303 g/mol. The molecule has 0 unspecified atom stereocenters. The minimum absolute atomic E-state index is 0. The summed E-state index contributed by atoms with van der Waals surface area (Å²) in [4.78, 5) is 0. The van der Waals surface area contributed by atoms with Crippen LogP contribution in [0.3, 0.4) is 0 Å². The van der Waals surface area contributed by atoms with Crippen LogP contribution < -0.4 is 24.0 Å². The third-order valence-corrected chi connectivity index (χ3v) is 2.37. The minimum Gasteiger partial charge on any atom is -1.00 e. The number of quaternary nitrogens is 1. The normalized spacial score (nSPS) is 12.5. The Morgan fingerprint density at radius 1 is 1.08 bits per heavy atom. The number of halogens is 1. The fourth-order valence-corrected chi connectivity index (χ4v) is 1.33. The average molecular weight is 303 g/mol. The summed E-state index contributed by atoms with van der Waals surface area (Å²) < 4.78 is 6.72. The molecule has 0 rings (SSSR count). The van der Waals surface area contributed by atoms with Crippen LogP contribution in [-0.4, -0.2) is 47.1 Å². The zero-order valence-electron chi connectivity index (χ0n) is 9.15. The second kappa shape index (κ2) is 5.57. The summed E-state index contributed by atoms with van der Waals surface area (Å²) in [6.07, 6.45) is 0. The summed E-state index contributed by atoms with van der Waals surface area (Å²) in [5.74, 6) is 0. The van der Waals surface area contributed by atoms with Crippen LogP contribution in [0, 0.1) is 0 Å². The molecule has 0 aliphatic carbocycles. The van der Waals surface area contributed by atoms with Gasteiger partial charge in [-0.1, -0.05) is 0 Å². The van der Waals surface area contributed by atoms with E-state index in [9.17, 15) is 0 Å². The third kappa shape index (κ3) is 13.5. The molecule has 0 saturated carbocycles. The lowest BCUT2D eigenvalue weighted by atomic mass is 10.5. The van der Waals surface area contributed by atoms with Crippen LogP contribution in [0.5, 0.6) is 0 Å². The van der Waals surface area contributed by atoms with Gasteiger partial charge in [-0.3, -0.25) is 0 Å². The van der Waals surface area contributed by atoms with Gasteiger partial charge in [0.05, 0.1) is 27.7 Å². The Morgan fingerprint density at radius 3 is 1.75 bits per heavy atom. The molecule has 0 fully saturated rings. The van der Waals surface area contributed by atoms with Crippen molar-refractivity contribution in [3.05, 3.63) is 0 Å². The van der Waals surface area contributed by atoms with Crippen molar-refractivity contribution >= 4 is 8.32 Å². The summed E-state index contributed by atoms with van der Waals surface area (Å²) >= 11 is 0. The molecule has 0 heterocycles. The van der Waals surface area contributed by atoms with E-state index in [1.807, 2.05) is 0 Å². The number of hydrogen-bond donors (Lipinski definition) is 0. The quantitative estimate of drug-likeness (QED) is 0.351. The molecule has 12 heavy (non-hydrogen) atoms. The molecule has 0 aliphatic heterocycles. The van der Waals surface area contributed by atoms with Crippen LogP contribution in [0.25, 0.3) is 0 Å². The molecule has 0 aromatic rings. The third-order valence-electron chi connectivity index (χ3n) is 1.30. The van der Waals surface area contributed by atoms with E-state index in [1.54, 1.807) is 0 Å². The Balaban J connectivity index is 0. The summed E-state index contributed by atoms with van der Waals surface area (Å²) in [6, 6.07) is 0. The zero-order chi connectivity index (χ0) is 9.12. The second-order valence-electron chi connectivity index (χ2n) is 4.97. The first-order chi connectivity index (χ1) is 4.71. The van der Waals surface area contributed by atoms with Gasteiger partial charge in [0.15, 0.2) is 8.32 Å². The van der Waals surface area contributed by atoms with E-state index in [2.05, 4.69) is 40.8 Å². The Kier molecular flexibility index (Phi) is 7.12. The number of hydrogen-bond acceptors (Lipinski definition) is 1. The first-order valence-corrected chi connectivity index (χ1v) is 7.56. The molecule has 2 nitrogen and oxygen atoms in total. The molecule has 0 aromatic carbocycles. The fourth-order valence-electron chi connectivity index (χ4n) is 0.626. The molecule has 76 valence electrons. The summed E-state index contributed by atoms with van der Waals surface area (Å²) in [6.45, 7) is 8.68. The molecule has 0 bridgehead atoms. The average Bonchev–Trinajstić information content (AvgIpc) is 1.55. The van der Waals surface area contributed by atoms with Crippen LogP contribution in [0.2, 0.25) is 19.6 Å². The van der Waals surface area contributed by atoms with Gasteiger partial charge in [-0.2, -0.15) is 0 Å². The lowest BCUT2D eigenvalue weighted by Gasteiger charge is -2.26. The van der Waals surface area contributed by atoms with E-state index < -0.39 is 8.32 Å². The van der Waals surface area contributed by atoms with Crippen LogP contribution in [0.4, 0.5) is 0 Å². The topological polar surface area (TPSA) is 9.23 Å². The maximum Gasteiger partial charge on any atom is 0.184 e. The highest BCUT2D eigenvalue weighted by atomic mass is 127. The lowest BCUT2D eigenvalue weighted by molar-refractivity contribution is -0.870. The summed E-state index contributed by atoms with van der Waals surface area (Å²) in [5, 5.41) is 0. The highest BCUT2D eigenvalue weighted by Crippen LogP contribution is 2.02. The van der Waals surface area contributed by atoms with Crippen LogP contribution in [-0.2, 0) is 4.43 Å². The van der Waals surface area contributed by atoms with Gasteiger partial charge in [0.25, 0.3) is 0 Å². The molecule has 0 amide bonds. The van der Waals surface area contributed by atoms with Crippen LogP contribution in [0.15, 0.2) is 0 Å². The van der Waals surface area contributed by atoms with Crippen molar-refractivity contribution in [3.8, 4) is 0 Å². The Hall–Kier alpha value is 0.867. The first kappa shape index (κ1) is 15.3. The molecule has 0 saturated heterocycles. The molecule has 0 aromatic heterocycles. The van der Waals surface area contributed by atoms with Gasteiger partial charge in [-0.25, -0.2) is 0 Å². The van der Waals surface area contributed by atoms with Gasteiger partial charge < -0.3 is 32.9 Å². The maximum absolute atomic E-state index is 5.73. The molecular weight excluding hydrogens is 281 g/mol. The molecule has 0 aliphatic rings. The first-order valence-electron chi connectivity index (χ1n) is 4.15. The predicted octanol–water partition coefficient (Wildman–Crippen LogP) is -1.45. The van der Waals surface area contributed by atoms with Crippen LogP contribution in [0.1, 0.15) is 0 Å². The zero-order valence-corrected chi connectivity index (χ0v) is 12.3. The highest BCUT2D eigenvalue weighted by molar-refractivity contribution is 6.69. The van der Waals surface area contributed by atoms with Crippen molar-refractivity contribution in [2.75, 3.05) is 34.3 Å². The van der Waals surface area contributed by atoms with Gasteiger partial charge >= 0.3 is 0 Å². The van der Waals surface area contributed by atoms with Gasteiger partial charge in [-0.15, -0.1) is 0 Å². The van der Waals surface area contributed by atoms with E-state index in [0.29, 0.717) is 0 Å². The number of rotatable bonds is 4. The van der Waals surface area contributed by atoms with Crippen molar-refractivity contribution in [3.63, 3.8) is 0 Å². The smallest absolute Gasteiger partial charge is 0.184 e. The maximum atomic E-state index is 5.73. The van der Waals surface area contributed by atoms with E-state index in [0.717, 1.165) is 17.6 Å². The summed E-state index contributed by atoms with van der Waals surface area (Å²) in [7, 11) is 5.30. The molecule has 0 spiro atoms. The fraction of sp³-hybridized carbons (Fsp3) is 1.00. The van der Waals surface area contributed by atoms with Crippen molar-refractivity contribution < 1.29 is 32.9 Å². The van der Waals surface area contributed by atoms with Crippen LogP contribution >= 0.6 is 0 Å². The SMILES string of the molecule is C[N+](C)(C)CCO[Si](C)(C)C.[I-]. The van der Waals surface area contributed by atoms with E-state index in [4.69, 9.17) is 4.43 Å². The van der Waals surface area contributed by atoms with Gasteiger partial charge in [-0.05, 0) is 19.6 Å². The predicted molar refractivity (Wildman–Crippen MR) is 52.2 cm³/mol. The largest absolute Gasteiger partial charge is 1.00 e. The Labute approximate surface area is 95.0 Å². The highest BCUT2D eigenvalue weighted by Gasteiger charge is 2.15. The molecule has 0 radical (unpaired) electrons. The second-order valence-corrected chi connectivity index (χ2v) is 9.49. The van der Waals surface area contributed by atoms with Gasteiger partial charge in [0.2, 0.25) is 0 Å². The minimum atomic E-state index is -1.27. The lowest BCUT2D eigenvalue weighted by Crippen LogP contribution is -3.00. The molecule has 4 heteroatoms. The number of likely N-dealkylation sites (N-methyl/N-ethyl adjacent to an activating group) is 1. The Morgan fingerprint density at radius 2 is 1.50 bits per heavy atom. The standard InChI is InChI=1S/C8H22NOSi.HI/c1-9(2,3)7-8-10-11(4,5)6;/h7-8H2,1-6H3;1H/q+1;/p-1. The molecule has 0 N–H and O–H groups in total. The van der Waals surface area contributed by atoms with E-state index in [1.165, 1.54) is 0 Å². The van der Waals surface area contributed by atoms with Crippen molar-refractivity contribution in [1.82, 2.24) is 0 Å².